The van der Waals surface area contributed by atoms with Gasteiger partial charge >= 0.3 is 0 Å². The number of rotatable bonds is 0. The number of carbonyl (C=O) groups is 1. The zero-order valence-corrected chi connectivity index (χ0v) is 7.27. The van der Waals surface area contributed by atoms with Crippen LogP contribution in [0.3, 0.4) is 0 Å². The van der Waals surface area contributed by atoms with Crippen LogP contribution in [0, 0.1) is 0 Å². The quantitative estimate of drug-likeness (QED) is 0.567. The second-order valence-electron chi connectivity index (χ2n) is 3.14. The molecule has 0 saturated heterocycles. The van der Waals surface area contributed by atoms with Gasteiger partial charge in [0.15, 0.2) is 0 Å². The molecular weight excluding hydrogens is 176 g/mol. The van der Waals surface area contributed by atoms with Crippen molar-refractivity contribution in [2.45, 2.75) is 0 Å². The topological polar surface area (TPSA) is 41.8 Å². The fraction of sp³-hybridized carbons (Fsp3) is 0. The SMILES string of the molecule is O=C1N=c2cccc3c2=C1C=CC=N3. The third-order valence-electron chi connectivity index (χ3n) is 2.30. The number of amides is 1. The molecule has 0 fully saturated rings. The Morgan fingerprint density at radius 1 is 1.21 bits per heavy atom. The minimum atomic E-state index is -0.172. The van der Waals surface area contributed by atoms with Gasteiger partial charge < -0.3 is 0 Å². The lowest BCUT2D eigenvalue weighted by molar-refractivity contribution is -0.112. The Kier molecular flexibility index (Phi) is 1.31. The van der Waals surface area contributed by atoms with Gasteiger partial charge in [-0.1, -0.05) is 6.07 Å². The monoisotopic (exact) mass is 182 g/mol. The molecule has 3 nitrogen and oxygen atoms in total. The van der Waals surface area contributed by atoms with E-state index >= 15 is 0 Å². The minimum absolute atomic E-state index is 0.172. The van der Waals surface area contributed by atoms with E-state index < -0.39 is 0 Å². The molecule has 0 aromatic heterocycles. The molecule has 1 aromatic rings. The molecule has 0 N–H and O–H groups in total. The zero-order chi connectivity index (χ0) is 9.54. The summed E-state index contributed by atoms with van der Waals surface area (Å²) in [7, 11) is 0. The number of aliphatic imine (C=N–C) groups is 1. The highest BCUT2D eigenvalue weighted by Gasteiger charge is 2.16. The van der Waals surface area contributed by atoms with Gasteiger partial charge in [-0.05, 0) is 24.3 Å². The second-order valence-corrected chi connectivity index (χ2v) is 3.14. The smallest absolute Gasteiger partial charge is 0.267 e. The van der Waals surface area contributed by atoms with Crippen LogP contribution in [0.1, 0.15) is 0 Å². The first-order valence-electron chi connectivity index (χ1n) is 4.33. The highest BCUT2D eigenvalue weighted by molar-refractivity contribution is 6.20. The van der Waals surface area contributed by atoms with Crippen LogP contribution >= 0.6 is 0 Å². The van der Waals surface area contributed by atoms with Gasteiger partial charge in [-0.25, -0.2) is 4.99 Å². The molecule has 2 aliphatic heterocycles. The van der Waals surface area contributed by atoms with Crippen LogP contribution in [0.15, 0.2) is 40.3 Å². The van der Waals surface area contributed by atoms with E-state index in [1.54, 1.807) is 18.4 Å². The normalized spacial score (nSPS) is 16.6. The lowest BCUT2D eigenvalue weighted by Gasteiger charge is -1.91. The molecule has 0 spiro atoms. The van der Waals surface area contributed by atoms with Crippen molar-refractivity contribution in [3.05, 3.63) is 40.9 Å². The van der Waals surface area contributed by atoms with Crippen molar-refractivity contribution in [2.75, 3.05) is 0 Å². The Bertz CT molecular complexity index is 609. The minimum Gasteiger partial charge on any atom is -0.267 e. The van der Waals surface area contributed by atoms with Crippen molar-refractivity contribution in [3.63, 3.8) is 0 Å². The number of hydrogen-bond acceptors (Lipinski definition) is 2. The Morgan fingerprint density at radius 2 is 2.14 bits per heavy atom. The van der Waals surface area contributed by atoms with E-state index in [-0.39, 0.29) is 5.91 Å². The van der Waals surface area contributed by atoms with Gasteiger partial charge in [-0.3, -0.25) is 9.79 Å². The summed E-state index contributed by atoms with van der Waals surface area (Å²) in [6, 6.07) is 5.57. The predicted molar refractivity (Wildman–Crippen MR) is 52.9 cm³/mol. The van der Waals surface area contributed by atoms with Crippen LogP contribution in [0.25, 0.3) is 5.57 Å². The molecule has 3 heteroatoms. The molecule has 0 bridgehead atoms. The summed E-state index contributed by atoms with van der Waals surface area (Å²) in [5.41, 5.74) is 1.46. The van der Waals surface area contributed by atoms with Gasteiger partial charge in [-0.2, -0.15) is 0 Å². The Labute approximate surface area is 79.8 Å². The summed E-state index contributed by atoms with van der Waals surface area (Å²) >= 11 is 0. The third kappa shape index (κ3) is 0.836. The average molecular weight is 182 g/mol. The molecule has 2 aliphatic rings. The first-order valence-corrected chi connectivity index (χ1v) is 4.33. The van der Waals surface area contributed by atoms with E-state index in [4.69, 9.17) is 0 Å². The van der Waals surface area contributed by atoms with Crippen LogP contribution in [-0.4, -0.2) is 12.1 Å². The maximum Gasteiger partial charge on any atom is 0.278 e. The van der Waals surface area contributed by atoms with Crippen molar-refractivity contribution in [2.24, 2.45) is 9.98 Å². The van der Waals surface area contributed by atoms with Crippen LogP contribution in [0.5, 0.6) is 0 Å². The Balaban J connectivity index is 2.61. The maximum atomic E-state index is 11.5. The fourth-order valence-corrected chi connectivity index (χ4v) is 1.70. The van der Waals surface area contributed by atoms with E-state index in [0.717, 1.165) is 16.3 Å². The van der Waals surface area contributed by atoms with E-state index in [1.807, 2.05) is 18.2 Å². The maximum absolute atomic E-state index is 11.5. The molecule has 3 rings (SSSR count). The van der Waals surface area contributed by atoms with Gasteiger partial charge in [0.2, 0.25) is 0 Å². The molecule has 0 saturated carbocycles. The van der Waals surface area contributed by atoms with E-state index in [1.165, 1.54) is 0 Å². The van der Waals surface area contributed by atoms with E-state index in [9.17, 15) is 4.79 Å². The summed E-state index contributed by atoms with van der Waals surface area (Å²) in [5.74, 6) is -0.172. The molecular formula is C11H6N2O. The van der Waals surface area contributed by atoms with Gasteiger partial charge in [-0.15, -0.1) is 0 Å². The standard InChI is InChI=1S/C11H6N2O/c14-11-7-3-2-6-12-8-4-1-5-9(13-11)10(7)8/h1-6H. The van der Waals surface area contributed by atoms with Crippen molar-refractivity contribution in [1.82, 2.24) is 0 Å². The van der Waals surface area contributed by atoms with Gasteiger partial charge in [0.05, 0.1) is 16.6 Å². The van der Waals surface area contributed by atoms with Gasteiger partial charge in [0, 0.05) is 11.4 Å². The predicted octanol–water partition coefficient (Wildman–Crippen LogP) is 0.269. The molecule has 0 radical (unpaired) electrons. The van der Waals surface area contributed by atoms with E-state index in [2.05, 4.69) is 9.98 Å². The molecule has 0 atom stereocenters. The lowest BCUT2D eigenvalue weighted by atomic mass is 10.1. The highest BCUT2D eigenvalue weighted by Crippen LogP contribution is 2.11. The summed E-state index contributed by atoms with van der Waals surface area (Å²) in [6.45, 7) is 0. The van der Waals surface area contributed by atoms with Gasteiger partial charge in [0.1, 0.15) is 0 Å². The molecule has 14 heavy (non-hydrogen) atoms. The van der Waals surface area contributed by atoms with Crippen LogP contribution in [0.2, 0.25) is 0 Å². The number of allylic oxidation sites excluding steroid dienone is 1. The Hall–Kier alpha value is -2.03. The van der Waals surface area contributed by atoms with Crippen LogP contribution in [0.4, 0.5) is 5.69 Å². The summed E-state index contributed by atoms with van der Waals surface area (Å²) in [6.07, 6.45) is 5.21. The first-order chi connectivity index (χ1) is 6.86. The van der Waals surface area contributed by atoms with Crippen LogP contribution in [-0.2, 0) is 4.79 Å². The third-order valence-corrected chi connectivity index (χ3v) is 2.30. The van der Waals surface area contributed by atoms with Gasteiger partial charge in [0.25, 0.3) is 5.91 Å². The van der Waals surface area contributed by atoms with Crippen molar-refractivity contribution in [1.29, 1.82) is 0 Å². The molecule has 1 amide bonds. The number of carbonyl (C=O) groups excluding carboxylic acids is 1. The zero-order valence-electron chi connectivity index (χ0n) is 7.27. The largest absolute Gasteiger partial charge is 0.278 e. The summed E-state index contributed by atoms with van der Waals surface area (Å²) in [4.78, 5) is 19.7. The molecule has 0 unspecified atom stereocenters. The number of benzene rings is 1. The average Bonchev–Trinajstić information content (AvgIpc) is 2.39. The molecule has 1 aromatic carbocycles. The van der Waals surface area contributed by atoms with Crippen molar-refractivity contribution in [3.8, 4) is 0 Å². The van der Waals surface area contributed by atoms with E-state index in [0.29, 0.717) is 5.57 Å². The summed E-state index contributed by atoms with van der Waals surface area (Å²) < 4.78 is 0. The molecule has 0 aliphatic carbocycles. The van der Waals surface area contributed by atoms with Crippen molar-refractivity contribution < 1.29 is 4.79 Å². The molecule has 2 heterocycles. The fourth-order valence-electron chi connectivity index (χ4n) is 1.70. The highest BCUT2D eigenvalue weighted by atomic mass is 16.1. The van der Waals surface area contributed by atoms with Crippen molar-refractivity contribution >= 4 is 23.4 Å². The number of nitrogens with zero attached hydrogens (tertiary/aromatic N) is 2. The molecule has 66 valence electrons. The van der Waals surface area contributed by atoms with Crippen LogP contribution < -0.4 is 10.6 Å². The first kappa shape index (κ1) is 7.38. The lowest BCUT2D eigenvalue weighted by Crippen LogP contribution is -2.22. The summed E-state index contributed by atoms with van der Waals surface area (Å²) in [5, 5.41) is 1.59. The number of hydrogen-bond donors (Lipinski definition) is 0. The Morgan fingerprint density at radius 3 is 3.07 bits per heavy atom. The second kappa shape index (κ2) is 2.48.